The van der Waals surface area contributed by atoms with Crippen molar-refractivity contribution in [1.82, 2.24) is 10.0 Å². The highest BCUT2D eigenvalue weighted by Crippen LogP contribution is 2.41. The number of nitrogens with zero attached hydrogens (tertiary/aromatic N) is 2. The Morgan fingerprint density at radius 2 is 1.94 bits per heavy atom. The first-order valence-electron chi connectivity index (χ1n) is 6.23. The minimum absolute atomic E-state index is 0.229. The highest BCUT2D eigenvalue weighted by molar-refractivity contribution is 5.84. The Kier molecular flexibility index (Phi) is 2.26. The summed E-state index contributed by atoms with van der Waals surface area (Å²) in [4.78, 5) is 12.4. The Morgan fingerprint density at radius 1 is 1.24 bits per heavy atom. The SMILES string of the molecule is CC1(C)CN2CC[C@@H](c3ccccc3)N2C1=O. The van der Waals surface area contributed by atoms with Crippen molar-refractivity contribution in [2.24, 2.45) is 5.41 Å². The molecule has 2 aliphatic rings. The van der Waals surface area contributed by atoms with Crippen LogP contribution in [-0.4, -0.2) is 29.0 Å². The zero-order valence-electron chi connectivity index (χ0n) is 10.4. The van der Waals surface area contributed by atoms with Crippen molar-refractivity contribution in [2.45, 2.75) is 26.3 Å². The lowest BCUT2D eigenvalue weighted by atomic mass is 9.92. The van der Waals surface area contributed by atoms with E-state index >= 15 is 0 Å². The molecule has 0 radical (unpaired) electrons. The molecule has 0 spiro atoms. The lowest BCUT2D eigenvalue weighted by molar-refractivity contribution is -0.142. The number of fused-ring (bicyclic) bond motifs is 1. The third-order valence-electron chi connectivity index (χ3n) is 3.81. The zero-order chi connectivity index (χ0) is 12.0. The Bertz CT molecular complexity index is 441. The maximum absolute atomic E-state index is 12.4. The predicted molar refractivity (Wildman–Crippen MR) is 66.0 cm³/mol. The normalized spacial score (nSPS) is 27.5. The van der Waals surface area contributed by atoms with Crippen molar-refractivity contribution in [3.63, 3.8) is 0 Å². The number of carbonyl (C=O) groups excluding carboxylic acids is 1. The van der Waals surface area contributed by atoms with Gasteiger partial charge in [-0.3, -0.25) is 9.80 Å². The van der Waals surface area contributed by atoms with E-state index in [0.717, 1.165) is 19.5 Å². The van der Waals surface area contributed by atoms with Gasteiger partial charge in [0, 0.05) is 13.1 Å². The number of hydrogen-bond acceptors (Lipinski definition) is 2. The maximum atomic E-state index is 12.4. The predicted octanol–water partition coefficient (Wildman–Crippen LogP) is 2.22. The summed E-state index contributed by atoms with van der Waals surface area (Å²) in [6.45, 7) is 5.93. The molecule has 0 unspecified atom stereocenters. The Balaban J connectivity index is 1.93. The number of carbonyl (C=O) groups is 1. The summed E-state index contributed by atoms with van der Waals surface area (Å²) in [6, 6.07) is 10.6. The van der Waals surface area contributed by atoms with Gasteiger partial charge in [0.1, 0.15) is 0 Å². The maximum Gasteiger partial charge on any atom is 0.244 e. The molecule has 2 heterocycles. The van der Waals surface area contributed by atoms with Crippen molar-refractivity contribution in [3.05, 3.63) is 35.9 Å². The fourth-order valence-corrected chi connectivity index (χ4v) is 2.94. The van der Waals surface area contributed by atoms with E-state index in [2.05, 4.69) is 17.1 Å². The molecule has 90 valence electrons. The molecule has 0 aromatic heterocycles. The molecular weight excluding hydrogens is 212 g/mol. The Labute approximate surface area is 102 Å². The fourth-order valence-electron chi connectivity index (χ4n) is 2.94. The van der Waals surface area contributed by atoms with E-state index in [4.69, 9.17) is 0 Å². The van der Waals surface area contributed by atoms with Crippen molar-refractivity contribution in [2.75, 3.05) is 13.1 Å². The fraction of sp³-hybridized carbons (Fsp3) is 0.500. The van der Waals surface area contributed by atoms with E-state index in [-0.39, 0.29) is 17.4 Å². The van der Waals surface area contributed by atoms with Crippen LogP contribution in [0.15, 0.2) is 30.3 Å². The summed E-state index contributed by atoms with van der Waals surface area (Å²) in [5, 5.41) is 4.19. The minimum atomic E-state index is -0.229. The average Bonchev–Trinajstić information content (AvgIpc) is 2.80. The average molecular weight is 230 g/mol. The number of rotatable bonds is 1. The van der Waals surface area contributed by atoms with E-state index in [1.165, 1.54) is 5.56 Å². The van der Waals surface area contributed by atoms with Gasteiger partial charge in [-0.1, -0.05) is 30.3 Å². The smallest absolute Gasteiger partial charge is 0.244 e. The van der Waals surface area contributed by atoms with E-state index < -0.39 is 0 Å². The number of benzene rings is 1. The summed E-state index contributed by atoms with van der Waals surface area (Å²) in [6.07, 6.45) is 1.05. The largest absolute Gasteiger partial charge is 0.273 e. The first-order chi connectivity index (χ1) is 8.09. The molecule has 1 amide bonds. The molecule has 2 fully saturated rings. The molecule has 2 aliphatic heterocycles. The third kappa shape index (κ3) is 1.57. The molecule has 0 bridgehead atoms. The van der Waals surface area contributed by atoms with Gasteiger partial charge in [-0.25, -0.2) is 5.01 Å². The standard InChI is InChI=1S/C14H18N2O/c1-14(2)10-15-9-8-12(16(15)13(14)17)11-6-4-3-5-7-11/h3-7,12H,8-10H2,1-2H3/t12-/m0/s1. The van der Waals surface area contributed by atoms with Crippen LogP contribution in [0, 0.1) is 5.41 Å². The first-order valence-corrected chi connectivity index (χ1v) is 6.23. The molecule has 0 N–H and O–H groups in total. The molecule has 1 aromatic rings. The molecule has 17 heavy (non-hydrogen) atoms. The Hall–Kier alpha value is -1.35. The lowest BCUT2D eigenvalue weighted by Gasteiger charge is -2.26. The van der Waals surface area contributed by atoms with Crippen LogP contribution in [0.1, 0.15) is 31.9 Å². The summed E-state index contributed by atoms with van der Waals surface area (Å²) >= 11 is 0. The Morgan fingerprint density at radius 3 is 2.65 bits per heavy atom. The third-order valence-corrected chi connectivity index (χ3v) is 3.81. The van der Waals surface area contributed by atoms with Gasteiger partial charge in [0.2, 0.25) is 5.91 Å². The van der Waals surface area contributed by atoms with Gasteiger partial charge in [0.15, 0.2) is 0 Å². The summed E-state index contributed by atoms with van der Waals surface area (Å²) < 4.78 is 0. The van der Waals surface area contributed by atoms with Crippen molar-refractivity contribution >= 4 is 5.91 Å². The topological polar surface area (TPSA) is 23.6 Å². The summed E-state index contributed by atoms with van der Waals surface area (Å²) in [5.74, 6) is 0.267. The molecule has 1 aromatic carbocycles. The zero-order valence-corrected chi connectivity index (χ0v) is 10.4. The van der Waals surface area contributed by atoms with Gasteiger partial charge in [-0.15, -0.1) is 0 Å². The van der Waals surface area contributed by atoms with Crippen LogP contribution in [0.2, 0.25) is 0 Å². The van der Waals surface area contributed by atoms with Crippen LogP contribution in [-0.2, 0) is 4.79 Å². The van der Waals surface area contributed by atoms with E-state index in [0.29, 0.717) is 0 Å². The monoisotopic (exact) mass is 230 g/mol. The molecule has 2 saturated heterocycles. The van der Waals surface area contributed by atoms with Crippen LogP contribution in [0.3, 0.4) is 0 Å². The van der Waals surface area contributed by atoms with Crippen molar-refractivity contribution in [3.8, 4) is 0 Å². The summed E-state index contributed by atoms with van der Waals surface area (Å²) in [5.41, 5.74) is 1.02. The summed E-state index contributed by atoms with van der Waals surface area (Å²) in [7, 11) is 0. The minimum Gasteiger partial charge on any atom is -0.273 e. The van der Waals surface area contributed by atoms with Crippen molar-refractivity contribution in [1.29, 1.82) is 0 Å². The van der Waals surface area contributed by atoms with Crippen LogP contribution in [0.5, 0.6) is 0 Å². The molecular formula is C14H18N2O. The van der Waals surface area contributed by atoms with Crippen LogP contribution in [0.4, 0.5) is 0 Å². The highest BCUT2D eigenvalue weighted by atomic mass is 16.2. The second kappa shape index (κ2) is 3.57. The van der Waals surface area contributed by atoms with E-state index in [9.17, 15) is 4.79 Å². The van der Waals surface area contributed by atoms with Crippen molar-refractivity contribution < 1.29 is 4.79 Å². The number of hydrazine groups is 1. The second-order valence-corrected chi connectivity index (χ2v) is 5.64. The molecule has 0 saturated carbocycles. The quantitative estimate of drug-likeness (QED) is 0.738. The molecule has 3 rings (SSSR count). The van der Waals surface area contributed by atoms with Gasteiger partial charge in [-0.05, 0) is 25.8 Å². The second-order valence-electron chi connectivity index (χ2n) is 5.64. The lowest BCUT2D eigenvalue weighted by Crippen LogP contribution is -2.35. The van der Waals surface area contributed by atoms with E-state index in [1.807, 2.05) is 37.1 Å². The number of amides is 1. The van der Waals surface area contributed by atoms with Crippen LogP contribution >= 0.6 is 0 Å². The van der Waals surface area contributed by atoms with Gasteiger partial charge < -0.3 is 0 Å². The van der Waals surface area contributed by atoms with E-state index in [1.54, 1.807) is 0 Å². The highest BCUT2D eigenvalue weighted by Gasteiger charge is 2.50. The van der Waals surface area contributed by atoms with Gasteiger partial charge in [0.25, 0.3) is 0 Å². The molecule has 1 atom stereocenters. The van der Waals surface area contributed by atoms with Gasteiger partial charge in [-0.2, -0.15) is 0 Å². The van der Waals surface area contributed by atoms with Crippen LogP contribution < -0.4 is 0 Å². The van der Waals surface area contributed by atoms with Crippen LogP contribution in [0.25, 0.3) is 0 Å². The molecule has 3 nitrogen and oxygen atoms in total. The first kappa shape index (κ1) is 10.8. The molecule has 3 heteroatoms. The molecule has 0 aliphatic carbocycles. The number of hydrogen-bond donors (Lipinski definition) is 0. The van der Waals surface area contributed by atoms with Gasteiger partial charge in [0.05, 0.1) is 11.5 Å². The van der Waals surface area contributed by atoms with Gasteiger partial charge >= 0.3 is 0 Å².